The van der Waals surface area contributed by atoms with Gasteiger partial charge in [0.05, 0.1) is 13.5 Å². The quantitative estimate of drug-likeness (QED) is 0.320. The van der Waals surface area contributed by atoms with Gasteiger partial charge in [-0.05, 0) is 108 Å². The van der Waals surface area contributed by atoms with Crippen molar-refractivity contribution in [1.82, 2.24) is 0 Å². The molecule has 0 aromatic heterocycles. The molecule has 3 aromatic carbocycles. The van der Waals surface area contributed by atoms with Gasteiger partial charge in [0.2, 0.25) is 0 Å². The summed E-state index contributed by atoms with van der Waals surface area (Å²) in [7, 11) is 1.58. The van der Waals surface area contributed by atoms with E-state index >= 15 is 0 Å². The fraction of sp³-hybridized carbons (Fsp3) is 0.323. The van der Waals surface area contributed by atoms with Crippen LogP contribution in [0.4, 0.5) is 4.39 Å². The second-order valence-corrected chi connectivity index (χ2v) is 9.75. The number of allylic oxidation sites excluding steroid dienone is 2. The van der Waals surface area contributed by atoms with Crippen molar-refractivity contribution in [2.75, 3.05) is 7.11 Å². The van der Waals surface area contributed by atoms with Gasteiger partial charge >= 0.3 is 5.97 Å². The minimum atomic E-state index is -0.764. The minimum absolute atomic E-state index is 0.0315. The van der Waals surface area contributed by atoms with Crippen molar-refractivity contribution in [2.45, 2.75) is 51.0 Å². The molecule has 1 atom stereocenters. The van der Waals surface area contributed by atoms with E-state index in [0.29, 0.717) is 23.8 Å². The molecule has 0 radical (unpaired) electrons. The Morgan fingerprint density at radius 2 is 1.89 bits per heavy atom. The predicted octanol–water partition coefficient (Wildman–Crippen LogP) is 7.62. The van der Waals surface area contributed by atoms with Crippen LogP contribution in [0.15, 0.2) is 66.7 Å². The third kappa shape index (κ3) is 5.46. The van der Waals surface area contributed by atoms with Crippen LogP contribution in [0, 0.1) is 11.7 Å². The van der Waals surface area contributed by atoms with Gasteiger partial charge in [-0.15, -0.1) is 0 Å². The van der Waals surface area contributed by atoms with Crippen LogP contribution in [0.25, 0.3) is 16.7 Å². The highest BCUT2D eigenvalue weighted by Gasteiger charge is 2.33. The molecule has 5 heteroatoms. The maximum atomic E-state index is 14.8. The molecule has 36 heavy (non-hydrogen) atoms. The van der Waals surface area contributed by atoms with E-state index in [1.54, 1.807) is 19.2 Å². The maximum absolute atomic E-state index is 14.8. The fourth-order valence-electron chi connectivity index (χ4n) is 5.18. The normalized spacial score (nSPS) is 15.9. The second kappa shape index (κ2) is 10.6. The Kier molecular flexibility index (Phi) is 7.08. The van der Waals surface area contributed by atoms with Gasteiger partial charge in [-0.2, -0.15) is 0 Å². The molecule has 0 saturated heterocycles. The third-order valence-electron chi connectivity index (χ3n) is 7.21. The van der Waals surface area contributed by atoms with Crippen LogP contribution in [0.1, 0.15) is 61.1 Å². The number of methoxy groups -OCH3 is 1. The van der Waals surface area contributed by atoms with Crippen LogP contribution in [0.3, 0.4) is 0 Å². The zero-order valence-electron chi connectivity index (χ0n) is 20.5. The monoisotopic (exact) mass is 486 g/mol. The number of hydrogen-bond donors (Lipinski definition) is 1. The first-order chi connectivity index (χ1) is 17.5. The van der Waals surface area contributed by atoms with Gasteiger partial charge in [0.25, 0.3) is 0 Å². The Labute approximate surface area is 211 Å². The molecule has 1 saturated carbocycles. The minimum Gasteiger partial charge on any atom is -0.497 e. The van der Waals surface area contributed by atoms with Crippen LogP contribution < -0.4 is 9.47 Å². The highest BCUT2D eigenvalue weighted by Crippen LogP contribution is 2.45. The number of carboxylic acids is 1. The maximum Gasteiger partial charge on any atom is 0.303 e. The molecule has 0 aliphatic heterocycles. The van der Waals surface area contributed by atoms with Crippen molar-refractivity contribution in [2.24, 2.45) is 5.92 Å². The number of halogens is 1. The van der Waals surface area contributed by atoms with Gasteiger partial charge < -0.3 is 14.6 Å². The van der Waals surface area contributed by atoms with E-state index in [0.717, 1.165) is 60.1 Å². The molecule has 0 unspecified atom stereocenters. The number of rotatable bonds is 10. The number of aliphatic carboxylic acids is 1. The number of ether oxygens (including phenoxy) is 2. The number of benzene rings is 3. The van der Waals surface area contributed by atoms with Crippen LogP contribution in [-0.2, 0) is 11.4 Å². The van der Waals surface area contributed by atoms with Gasteiger partial charge in [-0.1, -0.05) is 30.3 Å². The van der Waals surface area contributed by atoms with Crippen molar-refractivity contribution < 1.29 is 23.8 Å². The first-order valence-corrected chi connectivity index (χ1v) is 12.6. The molecule has 1 fully saturated rings. The number of carbonyl (C=O) groups is 1. The highest BCUT2D eigenvalue weighted by atomic mass is 19.1. The Morgan fingerprint density at radius 1 is 1.03 bits per heavy atom. The zero-order valence-corrected chi connectivity index (χ0v) is 20.5. The summed E-state index contributed by atoms with van der Waals surface area (Å²) in [6, 6.07) is 18.7. The van der Waals surface area contributed by atoms with E-state index in [-0.39, 0.29) is 18.2 Å². The SMILES string of the molecule is COc1ccc(F)c(-c2ccc(COc3cccc([C@@H](CC(=O)O)C4CC4)c3)cc2C2=CCCC2)c1. The molecule has 4 nitrogen and oxygen atoms in total. The van der Waals surface area contributed by atoms with E-state index in [4.69, 9.17) is 9.47 Å². The Hall–Kier alpha value is -3.60. The molecule has 2 aliphatic rings. The van der Waals surface area contributed by atoms with Gasteiger partial charge in [0.15, 0.2) is 0 Å². The molecule has 5 rings (SSSR count). The van der Waals surface area contributed by atoms with Crippen molar-refractivity contribution in [3.63, 3.8) is 0 Å². The number of carboxylic acid groups (broad SMARTS) is 1. The zero-order chi connectivity index (χ0) is 25.1. The average molecular weight is 487 g/mol. The molecule has 186 valence electrons. The molecule has 0 amide bonds. The Morgan fingerprint density at radius 3 is 2.61 bits per heavy atom. The van der Waals surface area contributed by atoms with Crippen LogP contribution in [0.2, 0.25) is 0 Å². The van der Waals surface area contributed by atoms with Crippen LogP contribution in [0.5, 0.6) is 11.5 Å². The summed E-state index contributed by atoms with van der Waals surface area (Å²) < 4.78 is 26.3. The molecule has 2 aliphatic carbocycles. The van der Waals surface area contributed by atoms with Gasteiger partial charge in [0.1, 0.15) is 23.9 Å². The molecular formula is C31H31FO4. The van der Waals surface area contributed by atoms with E-state index < -0.39 is 5.97 Å². The summed E-state index contributed by atoms with van der Waals surface area (Å²) >= 11 is 0. The van der Waals surface area contributed by atoms with Crippen molar-refractivity contribution in [3.05, 3.63) is 89.2 Å². The lowest BCUT2D eigenvalue weighted by molar-refractivity contribution is -0.137. The second-order valence-electron chi connectivity index (χ2n) is 9.75. The lowest BCUT2D eigenvalue weighted by atomic mass is 9.91. The fourth-order valence-corrected chi connectivity index (χ4v) is 5.18. The predicted molar refractivity (Wildman–Crippen MR) is 139 cm³/mol. The largest absolute Gasteiger partial charge is 0.497 e. The molecule has 0 heterocycles. The highest BCUT2D eigenvalue weighted by molar-refractivity contribution is 5.83. The van der Waals surface area contributed by atoms with E-state index in [1.165, 1.54) is 11.6 Å². The topological polar surface area (TPSA) is 55.8 Å². The summed E-state index contributed by atoms with van der Waals surface area (Å²) in [5.41, 5.74) is 5.67. The third-order valence-corrected chi connectivity index (χ3v) is 7.21. The smallest absolute Gasteiger partial charge is 0.303 e. The van der Waals surface area contributed by atoms with Crippen LogP contribution in [-0.4, -0.2) is 18.2 Å². The number of hydrogen-bond acceptors (Lipinski definition) is 3. The Bertz CT molecular complexity index is 1290. The van der Waals surface area contributed by atoms with Gasteiger partial charge in [0, 0.05) is 5.56 Å². The standard InChI is InChI=1S/C31H31FO4/c1-35-24-12-14-30(32)29(17-24)26-13-9-20(15-28(26)21-5-2-3-6-21)19-36-25-8-4-7-23(16-25)27(18-31(33)34)22-10-11-22/h4-5,7-9,12-17,22,27H,2-3,6,10-11,18-19H2,1H3,(H,33,34)/t27-/m0/s1. The van der Waals surface area contributed by atoms with Gasteiger partial charge in [-0.3, -0.25) is 4.79 Å². The molecule has 0 bridgehead atoms. The summed E-state index contributed by atoms with van der Waals surface area (Å²) in [6.45, 7) is 0.373. The summed E-state index contributed by atoms with van der Waals surface area (Å²) in [6.07, 6.45) is 7.66. The van der Waals surface area contributed by atoms with Crippen molar-refractivity contribution >= 4 is 11.5 Å². The molecule has 0 spiro atoms. The molecular weight excluding hydrogens is 455 g/mol. The first kappa shape index (κ1) is 24.1. The Balaban J connectivity index is 1.40. The first-order valence-electron chi connectivity index (χ1n) is 12.6. The van der Waals surface area contributed by atoms with E-state index in [1.807, 2.05) is 36.4 Å². The summed E-state index contributed by atoms with van der Waals surface area (Å²) in [4.78, 5) is 11.4. The van der Waals surface area contributed by atoms with E-state index in [9.17, 15) is 14.3 Å². The lowest BCUT2D eigenvalue weighted by Gasteiger charge is -2.17. The van der Waals surface area contributed by atoms with Crippen LogP contribution >= 0.6 is 0 Å². The lowest BCUT2D eigenvalue weighted by Crippen LogP contribution is -2.08. The molecule has 3 aromatic rings. The molecule has 1 N–H and O–H groups in total. The van der Waals surface area contributed by atoms with Gasteiger partial charge in [-0.25, -0.2) is 4.39 Å². The summed E-state index contributed by atoms with van der Waals surface area (Å²) in [5, 5.41) is 9.34. The summed E-state index contributed by atoms with van der Waals surface area (Å²) in [5.74, 6) is 0.792. The van der Waals surface area contributed by atoms with Crippen molar-refractivity contribution in [3.8, 4) is 22.6 Å². The van der Waals surface area contributed by atoms with E-state index in [2.05, 4.69) is 12.1 Å². The average Bonchev–Trinajstić information content (AvgIpc) is 3.59. The van der Waals surface area contributed by atoms with Crippen molar-refractivity contribution in [1.29, 1.82) is 0 Å².